The summed E-state index contributed by atoms with van der Waals surface area (Å²) in [6.45, 7) is 2.90. The van der Waals surface area contributed by atoms with Crippen molar-refractivity contribution < 1.29 is 24.2 Å². The Hall–Kier alpha value is -3.35. The lowest BCUT2D eigenvalue weighted by molar-refractivity contribution is -0.155. The van der Waals surface area contributed by atoms with E-state index in [-0.39, 0.29) is 36.7 Å². The van der Waals surface area contributed by atoms with E-state index in [2.05, 4.69) is 29.6 Å². The summed E-state index contributed by atoms with van der Waals surface area (Å²) in [6, 6.07) is 16.3. The minimum Gasteiger partial charge on any atom is -0.479 e. The van der Waals surface area contributed by atoms with E-state index in [0.29, 0.717) is 19.5 Å². The molecule has 1 heterocycles. The van der Waals surface area contributed by atoms with Crippen LogP contribution in [-0.4, -0.2) is 53.2 Å². The Morgan fingerprint density at radius 1 is 1.12 bits per heavy atom. The molecule has 1 saturated carbocycles. The number of benzene rings is 2. The average molecular weight is 463 g/mol. The first kappa shape index (κ1) is 22.4. The van der Waals surface area contributed by atoms with E-state index in [1.165, 1.54) is 11.1 Å². The van der Waals surface area contributed by atoms with E-state index in [0.717, 1.165) is 24.0 Å². The number of ether oxygens (including phenoxy) is 1. The van der Waals surface area contributed by atoms with Crippen LogP contribution in [0.15, 0.2) is 48.5 Å². The molecule has 0 radical (unpaired) electrons. The van der Waals surface area contributed by atoms with Crippen molar-refractivity contribution in [1.82, 2.24) is 10.2 Å². The zero-order valence-corrected chi connectivity index (χ0v) is 19.3. The molecule has 178 valence electrons. The van der Waals surface area contributed by atoms with Gasteiger partial charge in [0.05, 0.1) is 0 Å². The van der Waals surface area contributed by atoms with Crippen LogP contribution in [0, 0.1) is 11.8 Å². The molecule has 34 heavy (non-hydrogen) atoms. The molecule has 2 fully saturated rings. The number of alkyl carbamates (subject to hydrolysis) is 1. The Kier molecular flexibility index (Phi) is 5.80. The van der Waals surface area contributed by atoms with Gasteiger partial charge in [0.25, 0.3) is 0 Å². The van der Waals surface area contributed by atoms with E-state index < -0.39 is 17.6 Å². The lowest BCUT2D eigenvalue weighted by atomic mass is 9.98. The zero-order chi connectivity index (χ0) is 23.9. The Bertz CT molecular complexity index is 1090. The predicted octanol–water partition coefficient (Wildman–Crippen LogP) is 4.02. The van der Waals surface area contributed by atoms with Crippen molar-refractivity contribution in [2.24, 2.45) is 11.8 Å². The first-order valence-electron chi connectivity index (χ1n) is 12.0. The van der Waals surface area contributed by atoms with Gasteiger partial charge in [-0.1, -0.05) is 55.5 Å². The molecule has 3 atom stereocenters. The van der Waals surface area contributed by atoms with Crippen molar-refractivity contribution in [1.29, 1.82) is 0 Å². The van der Waals surface area contributed by atoms with Crippen molar-refractivity contribution in [3.63, 3.8) is 0 Å². The molecule has 1 aliphatic heterocycles. The number of piperidine rings is 1. The van der Waals surface area contributed by atoms with Crippen LogP contribution in [0.3, 0.4) is 0 Å². The van der Waals surface area contributed by atoms with Gasteiger partial charge in [-0.15, -0.1) is 0 Å². The maximum absolute atomic E-state index is 12.9. The molecule has 1 saturated heterocycles. The fourth-order valence-electron chi connectivity index (χ4n) is 5.80. The molecular formula is C27H30N2O5. The van der Waals surface area contributed by atoms with Crippen molar-refractivity contribution in [2.75, 3.05) is 19.7 Å². The average Bonchev–Trinajstić information content (AvgIpc) is 3.52. The highest BCUT2D eigenvalue weighted by atomic mass is 16.5. The maximum Gasteiger partial charge on any atom is 0.407 e. The minimum absolute atomic E-state index is 0.00468. The number of nitrogens with zero attached hydrogens (tertiary/aromatic N) is 1. The number of likely N-dealkylation sites (tertiary alicyclic amines) is 1. The van der Waals surface area contributed by atoms with Gasteiger partial charge in [-0.05, 0) is 53.4 Å². The number of carbonyl (C=O) groups excluding carboxylic acids is 2. The van der Waals surface area contributed by atoms with Crippen LogP contribution in [0.4, 0.5) is 4.79 Å². The van der Waals surface area contributed by atoms with Crippen molar-refractivity contribution >= 4 is 18.0 Å². The topological polar surface area (TPSA) is 95.9 Å². The van der Waals surface area contributed by atoms with E-state index in [1.54, 1.807) is 4.90 Å². The molecule has 2 aliphatic carbocycles. The summed E-state index contributed by atoms with van der Waals surface area (Å²) < 4.78 is 5.56. The summed E-state index contributed by atoms with van der Waals surface area (Å²) >= 11 is 0. The largest absolute Gasteiger partial charge is 0.479 e. The Morgan fingerprint density at radius 3 is 2.41 bits per heavy atom. The Morgan fingerprint density at radius 2 is 1.76 bits per heavy atom. The normalized spacial score (nSPS) is 23.3. The number of hydrogen-bond donors (Lipinski definition) is 2. The first-order valence-corrected chi connectivity index (χ1v) is 12.0. The fraction of sp³-hybridized carbons (Fsp3) is 0.444. The highest BCUT2D eigenvalue weighted by molar-refractivity contribution is 5.90. The van der Waals surface area contributed by atoms with Gasteiger partial charge in [0.15, 0.2) is 0 Å². The number of carbonyl (C=O) groups is 3. The molecule has 0 aromatic heterocycles. The summed E-state index contributed by atoms with van der Waals surface area (Å²) in [6.07, 6.45) is 1.96. The monoisotopic (exact) mass is 462 g/mol. The standard InChI is InChI=1S/C27H30N2O5/c1-17(13-24(30)29-12-6-7-18-14-27(18,29)25(31)32)15-28-26(33)34-16-23-21-10-4-2-8-19(21)20-9-3-5-11-22(20)23/h2-5,8-11,17-18,23H,6-7,12-16H2,1H3,(H,28,33)(H,31,32)/t17?,18-,27+/m0/s1. The third kappa shape index (κ3) is 3.83. The third-order valence-electron chi connectivity index (χ3n) is 7.62. The van der Waals surface area contributed by atoms with Gasteiger partial charge in [0.1, 0.15) is 12.1 Å². The first-order chi connectivity index (χ1) is 16.4. The second-order valence-electron chi connectivity index (χ2n) is 9.83. The van der Waals surface area contributed by atoms with Crippen molar-refractivity contribution in [2.45, 2.75) is 44.1 Å². The number of aliphatic carboxylic acids is 1. The van der Waals surface area contributed by atoms with Crippen LogP contribution in [-0.2, 0) is 14.3 Å². The highest BCUT2D eigenvalue weighted by Crippen LogP contribution is 2.54. The van der Waals surface area contributed by atoms with Gasteiger partial charge in [0.2, 0.25) is 5.91 Å². The summed E-state index contributed by atoms with van der Waals surface area (Å²) in [7, 11) is 0. The van der Waals surface area contributed by atoms with Gasteiger partial charge in [-0.3, -0.25) is 4.79 Å². The lowest BCUT2D eigenvalue weighted by Gasteiger charge is -2.34. The molecule has 3 aliphatic rings. The van der Waals surface area contributed by atoms with Crippen LogP contribution in [0.1, 0.15) is 49.7 Å². The summed E-state index contributed by atoms with van der Waals surface area (Å²) in [5, 5.41) is 12.4. The molecule has 5 rings (SSSR count). The number of carboxylic acid groups (broad SMARTS) is 1. The molecule has 2 aromatic carbocycles. The third-order valence-corrected chi connectivity index (χ3v) is 7.62. The van der Waals surface area contributed by atoms with Crippen LogP contribution in [0.25, 0.3) is 11.1 Å². The number of rotatable bonds is 7. The Balaban J connectivity index is 1.12. The summed E-state index contributed by atoms with van der Waals surface area (Å²) in [5.74, 6) is -1.09. The molecular weight excluding hydrogens is 432 g/mol. The van der Waals surface area contributed by atoms with Gasteiger partial charge in [-0.25, -0.2) is 9.59 Å². The minimum atomic E-state index is -0.991. The summed E-state index contributed by atoms with van der Waals surface area (Å²) in [4.78, 5) is 38.6. The predicted molar refractivity (Wildman–Crippen MR) is 126 cm³/mol. The van der Waals surface area contributed by atoms with Crippen LogP contribution < -0.4 is 5.32 Å². The van der Waals surface area contributed by atoms with E-state index in [1.807, 2.05) is 31.2 Å². The van der Waals surface area contributed by atoms with Gasteiger partial charge < -0.3 is 20.1 Å². The van der Waals surface area contributed by atoms with Gasteiger partial charge in [-0.2, -0.15) is 0 Å². The molecule has 0 spiro atoms. The lowest BCUT2D eigenvalue weighted by Crippen LogP contribution is -2.51. The molecule has 2 N–H and O–H groups in total. The zero-order valence-electron chi connectivity index (χ0n) is 19.3. The van der Waals surface area contributed by atoms with Crippen molar-refractivity contribution in [3.8, 4) is 11.1 Å². The molecule has 7 heteroatoms. The van der Waals surface area contributed by atoms with Crippen molar-refractivity contribution in [3.05, 3.63) is 59.7 Å². The SMILES string of the molecule is CC(CNC(=O)OCC1c2ccccc2-c2ccccc21)CC(=O)N1CCC[C@H]2C[C@]21C(=O)O. The van der Waals surface area contributed by atoms with Crippen LogP contribution in [0.2, 0.25) is 0 Å². The highest BCUT2D eigenvalue weighted by Gasteiger charge is 2.66. The maximum atomic E-state index is 12.9. The van der Waals surface area contributed by atoms with Gasteiger partial charge in [0, 0.05) is 25.4 Å². The second kappa shape index (κ2) is 8.78. The molecule has 2 aromatic rings. The van der Waals surface area contributed by atoms with Crippen LogP contribution in [0.5, 0.6) is 0 Å². The quantitative estimate of drug-likeness (QED) is 0.648. The Labute approximate surface area is 199 Å². The molecule has 2 amide bonds. The number of nitrogens with one attached hydrogen (secondary N) is 1. The van der Waals surface area contributed by atoms with E-state index >= 15 is 0 Å². The molecule has 0 bridgehead atoms. The fourth-order valence-corrected chi connectivity index (χ4v) is 5.80. The summed E-state index contributed by atoms with van der Waals surface area (Å²) in [5.41, 5.74) is 3.67. The van der Waals surface area contributed by atoms with E-state index in [9.17, 15) is 19.5 Å². The second-order valence-corrected chi connectivity index (χ2v) is 9.83. The van der Waals surface area contributed by atoms with E-state index in [4.69, 9.17) is 4.74 Å². The number of hydrogen-bond acceptors (Lipinski definition) is 4. The van der Waals surface area contributed by atoms with Gasteiger partial charge >= 0.3 is 12.1 Å². The smallest absolute Gasteiger partial charge is 0.407 e. The number of carboxylic acids is 1. The molecule has 1 unspecified atom stereocenters. The molecule has 7 nitrogen and oxygen atoms in total. The van der Waals surface area contributed by atoms with Crippen LogP contribution >= 0.6 is 0 Å². The number of fused-ring (bicyclic) bond motifs is 4. The number of amides is 2.